The van der Waals surface area contributed by atoms with Gasteiger partial charge in [-0.25, -0.2) is 0 Å². The average molecular weight is 488 g/mol. The highest BCUT2D eigenvalue weighted by Crippen LogP contribution is 2.31. The number of thiocarbonyl (C=S) groups is 1. The third kappa shape index (κ3) is 7.80. The molecule has 0 bridgehead atoms. The Morgan fingerprint density at radius 2 is 1.79 bits per heavy atom. The van der Waals surface area contributed by atoms with E-state index >= 15 is 0 Å². The molecule has 8 heteroatoms. The summed E-state index contributed by atoms with van der Waals surface area (Å²) in [5.74, 6) is -0.223. The van der Waals surface area contributed by atoms with E-state index in [2.05, 4.69) is 11.9 Å². The number of nitrogens with zero attached hydrogens (tertiary/aromatic N) is 1. The molecule has 0 saturated heterocycles. The number of rotatable bonds is 12. The molecular formula is C26H33NO6S. The second kappa shape index (κ2) is 13.0. The van der Waals surface area contributed by atoms with Gasteiger partial charge in [0.25, 0.3) is 0 Å². The molecule has 0 aliphatic heterocycles. The van der Waals surface area contributed by atoms with Crippen molar-refractivity contribution in [3.63, 3.8) is 0 Å². The smallest absolute Gasteiger partial charge is 0.309 e. The zero-order valence-corrected chi connectivity index (χ0v) is 21.4. The Hall–Kier alpha value is -3.00. The predicted octanol–water partition coefficient (Wildman–Crippen LogP) is 5.25. The summed E-state index contributed by atoms with van der Waals surface area (Å²) in [5, 5.41) is 0. The van der Waals surface area contributed by atoms with E-state index < -0.39 is 18.0 Å². The summed E-state index contributed by atoms with van der Waals surface area (Å²) < 4.78 is 22.4. The van der Waals surface area contributed by atoms with Crippen LogP contribution in [-0.4, -0.2) is 41.1 Å². The van der Waals surface area contributed by atoms with Gasteiger partial charge in [0.2, 0.25) is 0 Å². The van der Waals surface area contributed by atoms with Gasteiger partial charge in [-0.15, -0.1) is 0 Å². The van der Waals surface area contributed by atoms with Crippen LogP contribution in [0.1, 0.15) is 58.2 Å². The fourth-order valence-corrected chi connectivity index (χ4v) is 3.73. The average Bonchev–Trinajstić information content (AvgIpc) is 2.79. The van der Waals surface area contributed by atoms with Gasteiger partial charge < -0.3 is 18.9 Å². The number of aromatic nitrogens is 1. The van der Waals surface area contributed by atoms with Gasteiger partial charge >= 0.3 is 11.9 Å². The van der Waals surface area contributed by atoms with Crippen LogP contribution in [0.25, 0.3) is 0 Å². The summed E-state index contributed by atoms with van der Waals surface area (Å²) >= 11 is 5.53. The second-order valence-electron chi connectivity index (χ2n) is 8.21. The number of benzene rings is 1. The molecule has 0 fully saturated rings. The lowest BCUT2D eigenvalue weighted by atomic mass is 10.0. The normalized spacial score (nSPS) is 13.4. The first-order valence-electron chi connectivity index (χ1n) is 11.3. The maximum absolute atomic E-state index is 12.8. The molecule has 0 radical (unpaired) electrons. The van der Waals surface area contributed by atoms with E-state index in [1.54, 1.807) is 13.0 Å². The van der Waals surface area contributed by atoms with E-state index in [0.29, 0.717) is 16.3 Å². The summed E-state index contributed by atoms with van der Waals surface area (Å²) in [4.78, 5) is 29.0. The van der Waals surface area contributed by atoms with Gasteiger partial charge in [-0.05, 0) is 38.8 Å². The van der Waals surface area contributed by atoms with E-state index in [-0.39, 0.29) is 24.2 Å². The molecule has 2 aromatic rings. The van der Waals surface area contributed by atoms with E-state index in [1.807, 2.05) is 38.1 Å². The van der Waals surface area contributed by atoms with E-state index in [4.69, 9.17) is 31.2 Å². The maximum atomic E-state index is 12.8. The minimum absolute atomic E-state index is 0.144. The lowest BCUT2D eigenvalue weighted by Gasteiger charge is -2.26. The van der Waals surface area contributed by atoms with E-state index in [0.717, 1.165) is 24.2 Å². The SMILES string of the molecule is CCC[C@@H](Oc1ccc(C)cc1)[C@H](C)OC(=O)[C@H](C)CC(=S)c1nccc(OC)c1OC(C)=O. The number of carbonyl (C=O) groups is 2. The Bertz CT molecular complexity index is 991. The van der Waals surface area contributed by atoms with Crippen molar-refractivity contribution in [3.05, 3.63) is 47.8 Å². The van der Waals surface area contributed by atoms with Crippen LogP contribution in [0, 0.1) is 12.8 Å². The van der Waals surface area contributed by atoms with Crippen LogP contribution in [0.3, 0.4) is 0 Å². The van der Waals surface area contributed by atoms with Crippen LogP contribution in [0.5, 0.6) is 17.2 Å². The number of ether oxygens (including phenoxy) is 4. The molecule has 0 unspecified atom stereocenters. The van der Waals surface area contributed by atoms with Crippen LogP contribution in [-0.2, 0) is 14.3 Å². The summed E-state index contributed by atoms with van der Waals surface area (Å²) in [5.41, 5.74) is 1.44. The van der Waals surface area contributed by atoms with Crippen LogP contribution in [0.15, 0.2) is 36.5 Å². The standard InChI is InChI=1S/C26H33NO6S/c1-7-8-21(33-20-11-9-16(2)10-12-20)18(4)31-26(29)17(3)15-23(34)24-25(32-19(5)28)22(30-6)13-14-27-24/h9-14,17-18,21H,7-8,15H2,1-6H3/t17-,18+,21-/m1/s1. The van der Waals surface area contributed by atoms with Crippen LogP contribution in [0.2, 0.25) is 0 Å². The van der Waals surface area contributed by atoms with Crippen molar-refractivity contribution in [1.29, 1.82) is 0 Å². The first kappa shape index (κ1) is 27.2. The van der Waals surface area contributed by atoms with Crippen molar-refractivity contribution >= 4 is 29.0 Å². The van der Waals surface area contributed by atoms with Crippen molar-refractivity contribution in [2.45, 2.75) is 66.1 Å². The minimum Gasteiger partial charge on any atom is -0.493 e. The number of pyridine rings is 1. The van der Waals surface area contributed by atoms with Crippen molar-refractivity contribution in [2.75, 3.05) is 7.11 Å². The molecule has 1 aromatic heterocycles. The topological polar surface area (TPSA) is 84.0 Å². The highest BCUT2D eigenvalue weighted by molar-refractivity contribution is 7.80. The Labute approximate surface area is 206 Å². The van der Waals surface area contributed by atoms with Gasteiger partial charge in [0.1, 0.15) is 23.7 Å². The third-order valence-electron chi connectivity index (χ3n) is 5.20. The summed E-state index contributed by atoms with van der Waals surface area (Å²) in [6.07, 6.45) is 2.62. The number of hydrogen-bond donors (Lipinski definition) is 0. The second-order valence-corrected chi connectivity index (χ2v) is 8.71. The molecule has 0 N–H and O–H groups in total. The molecule has 0 saturated carbocycles. The number of methoxy groups -OCH3 is 1. The zero-order chi connectivity index (χ0) is 25.3. The number of esters is 2. The third-order valence-corrected chi connectivity index (χ3v) is 5.56. The molecule has 0 aliphatic rings. The zero-order valence-electron chi connectivity index (χ0n) is 20.6. The summed E-state index contributed by atoms with van der Waals surface area (Å²) in [6.45, 7) is 8.93. The van der Waals surface area contributed by atoms with Crippen LogP contribution >= 0.6 is 12.2 Å². The van der Waals surface area contributed by atoms with Gasteiger partial charge in [-0.2, -0.15) is 0 Å². The molecule has 34 heavy (non-hydrogen) atoms. The van der Waals surface area contributed by atoms with Crippen molar-refractivity contribution in [3.8, 4) is 17.2 Å². The monoisotopic (exact) mass is 487 g/mol. The molecule has 2 rings (SSSR count). The van der Waals surface area contributed by atoms with E-state index in [1.165, 1.54) is 20.2 Å². The number of carbonyl (C=O) groups excluding carboxylic acids is 2. The molecule has 7 nitrogen and oxygen atoms in total. The first-order valence-corrected chi connectivity index (χ1v) is 11.7. The van der Waals surface area contributed by atoms with E-state index in [9.17, 15) is 9.59 Å². The quantitative estimate of drug-likeness (QED) is 0.228. The van der Waals surface area contributed by atoms with Gasteiger partial charge in [0.05, 0.1) is 13.0 Å². The molecule has 3 atom stereocenters. The highest BCUT2D eigenvalue weighted by Gasteiger charge is 2.27. The number of hydrogen-bond acceptors (Lipinski definition) is 8. The van der Waals surface area contributed by atoms with Crippen molar-refractivity contribution < 1.29 is 28.5 Å². The molecule has 0 aliphatic carbocycles. The van der Waals surface area contributed by atoms with Crippen LogP contribution < -0.4 is 14.2 Å². The van der Waals surface area contributed by atoms with Gasteiger partial charge in [0.15, 0.2) is 11.5 Å². The van der Waals surface area contributed by atoms with Crippen molar-refractivity contribution in [2.24, 2.45) is 5.92 Å². The lowest BCUT2D eigenvalue weighted by molar-refractivity contribution is -0.157. The largest absolute Gasteiger partial charge is 0.493 e. The summed E-state index contributed by atoms with van der Waals surface area (Å²) in [7, 11) is 1.46. The molecule has 0 amide bonds. The minimum atomic E-state index is -0.533. The Morgan fingerprint density at radius 1 is 1.12 bits per heavy atom. The van der Waals surface area contributed by atoms with Crippen molar-refractivity contribution in [1.82, 2.24) is 4.98 Å². The Balaban J connectivity index is 2.06. The fraction of sp³-hybridized carbons (Fsp3) is 0.462. The molecule has 1 heterocycles. The maximum Gasteiger partial charge on any atom is 0.309 e. The fourth-order valence-electron chi connectivity index (χ4n) is 3.33. The Kier molecular flexibility index (Phi) is 10.4. The van der Waals surface area contributed by atoms with Gasteiger partial charge in [-0.3, -0.25) is 14.6 Å². The molecule has 1 aromatic carbocycles. The van der Waals surface area contributed by atoms with Crippen LogP contribution in [0.4, 0.5) is 0 Å². The van der Waals surface area contributed by atoms with Gasteiger partial charge in [-0.1, -0.05) is 50.2 Å². The molecule has 184 valence electrons. The summed E-state index contributed by atoms with van der Waals surface area (Å²) in [6, 6.07) is 9.36. The number of aryl methyl sites for hydroxylation is 1. The van der Waals surface area contributed by atoms with Gasteiger partial charge in [0, 0.05) is 24.1 Å². The molecule has 0 spiro atoms. The Morgan fingerprint density at radius 3 is 2.38 bits per heavy atom. The molecular weight excluding hydrogens is 454 g/mol. The first-order chi connectivity index (χ1) is 16.2. The predicted molar refractivity (Wildman–Crippen MR) is 134 cm³/mol. The lowest BCUT2D eigenvalue weighted by Crippen LogP contribution is -2.35. The highest BCUT2D eigenvalue weighted by atomic mass is 32.1.